The topological polar surface area (TPSA) is 158 Å². The summed E-state index contributed by atoms with van der Waals surface area (Å²) < 4.78 is 0. The molecule has 3 aromatic carbocycles. The zero-order valence-corrected chi connectivity index (χ0v) is 29.4. The van der Waals surface area contributed by atoms with E-state index in [4.69, 9.17) is 23.1 Å². The third-order valence-electron chi connectivity index (χ3n) is 8.99. The molecule has 1 aliphatic heterocycles. The molecule has 0 saturated carbocycles. The number of amides is 3. The molecule has 0 bridgehead atoms. The van der Waals surface area contributed by atoms with Gasteiger partial charge in [-0.25, -0.2) is 0 Å². The summed E-state index contributed by atoms with van der Waals surface area (Å²) in [4.78, 5) is 49.2. The number of carbonyl (C=O) groups excluding carboxylic acids is 3. The fourth-order valence-corrected chi connectivity index (χ4v) is 7.42. The van der Waals surface area contributed by atoms with Crippen molar-refractivity contribution in [3.8, 4) is 0 Å². The standard InChI is InChI=1S/C37H46ClN7O3S/c1-45-32(20-25-22-41-29-11-4-3-10-28(25)29)36(47)43-23-26-19-27(38)15-16-34(26)49-33-14-5-2-9-24(33)21-42-30(13-8-18-40)35(46)44-31(37(45)48)12-6-7-17-39/h2-5,9-11,14-16,19,22,30-32,41-42H,6-8,12-13,17-18,20-21,23,39-40H2,1H3,(H,43,47)(H,44,46)/t30-,31-,32-/m0/s1. The van der Waals surface area contributed by atoms with Crippen LogP contribution in [0.3, 0.4) is 0 Å². The van der Waals surface area contributed by atoms with Crippen molar-refractivity contribution in [1.29, 1.82) is 0 Å². The smallest absolute Gasteiger partial charge is 0.245 e. The summed E-state index contributed by atoms with van der Waals surface area (Å²) >= 11 is 8.04. The molecule has 0 unspecified atom stereocenters. The van der Waals surface area contributed by atoms with Crippen molar-refractivity contribution in [2.45, 2.75) is 79.5 Å². The quantitative estimate of drug-likeness (QED) is 0.140. The predicted molar refractivity (Wildman–Crippen MR) is 196 cm³/mol. The maximum absolute atomic E-state index is 14.3. The first kappa shape index (κ1) is 36.4. The van der Waals surface area contributed by atoms with Crippen LogP contribution in [-0.4, -0.2) is 65.9 Å². The number of benzene rings is 3. The first-order valence-corrected chi connectivity index (χ1v) is 18.1. The molecule has 8 N–H and O–H groups in total. The van der Waals surface area contributed by atoms with E-state index in [0.717, 1.165) is 37.4 Å². The lowest BCUT2D eigenvalue weighted by atomic mass is 10.0. The van der Waals surface area contributed by atoms with Crippen LogP contribution in [0.1, 0.15) is 48.8 Å². The summed E-state index contributed by atoms with van der Waals surface area (Å²) in [6.07, 6.45) is 5.03. The number of aromatic amines is 1. The summed E-state index contributed by atoms with van der Waals surface area (Å²) in [5.74, 6) is -0.923. The minimum atomic E-state index is -0.863. The number of aromatic nitrogens is 1. The molecule has 4 aromatic rings. The molecule has 3 amide bonds. The minimum absolute atomic E-state index is 0.215. The van der Waals surface area contributed by atoms with Crippen molar-refractivity contribution in [3.63, 3.8) is 0 Å². The summed E-state index contributed by atoms with van der Waals surface area (Å²) in [5, 5.41) is 11.1. The van der Waals surface area contributed by atoms with E-state index in [0.29, 0.717) is 56.8 Å². The van der Waals surface area contributed by atoms with Gasteiger partial charge in [-0.3, -0.25) is 14.4 Å². The number of hydrogen-bond donors (Lipinski definition) is 6. The Labute approximate surface area is 297 Å². The average Bonchev–Trinajstić information content (AvgIpc) is 3.52. The van der Waals surface area contributed by atoms with E-state index < -0.39 is 18.1 Å². The SMILES string of the molecule is CN1C(=O)[C@H](CCCCN)NC(=O)[C@H](CCCN)NCc2ccccc2Sc2ccc(Cl)cc2CNC(=O)[C@@H]1Cc1c[nH]c2ccccc12. The molecule has 10 nitrogen and oxygen atoms in total. The molecule has 12 heteroatoms. The lowest BCUT2D eigenvalue weighted by Crippen LogP contribution is -2.57. The van der Waals surface area contributed by atoms with Crippen LogP contribution < -0.4 is 27.4 Å². The van der Waals surface area contributed by atoms with Crippen LogP contribution in [0.15, 0.2) is 82.7 Å². The van der Waals surface area contributed by atoms with Gasteiger partial charge < -0.3 is 37.3 Å². The molecule has 1 aromatic heterocycles. The van der Waals surface area contributed by atoms with Gasteiger partial charge in [0.2, 0.25) is 17.7 Å². The first-order chi connectivity index (χ1) is 23.8. The van der Waals surface area contributed by atoms with E-state index in [1.807, 2.05) is 72.9 Å². The number of nitrogens with zero attached hydrogens (tertiary/aromatic N) is 1. The van der Waals surface area contributed by atoms with Gasteiger partial charge in [-0.05, 0) is 92.2 Å². The van der Waals surface area contributed by atoms with E-state index in [1.54, 1.807) is 18.8 Å². The van der Waals surface area contributed by atoms with Crippen LogP contribution in [0.4, 0.5) is 0 Å². The van der Waals surface area contributed by atoms with Crippen molar-refractivity contribution in [3.05, 3.63) is 94.6 Å². The first-order valence-electron chi connectivity index (χ1n) is 16.9. The van der Waals surface area contributed by atoms with Crippen molar-refractivity contribution in [2.75, 3.05) is 20.1 Å². The highest BCUT2D eigenvalue weighted by Crippen LogP contribution is 2.34. The van der Waals surface area contributed by atoms with Gasteiger partial charge in [-0.2, -0.15) is 0 Å². The second-order valence-corrected chi connectivity index (χ2v) is 13.9. The molecule has 1 aliphatic rings. The Balaban J connectivity index is 1.55. The van der Waals surface area contributed by atoms with E-state index in [-0.39, 0.29) is 30.7 Å². The van der Waals surface area contributed by atoms with Crippen LogP contribution in [0.2, 0.25) is 5.02 Å². The molecule has 49 heavy (non-hydrogen) atoms. The van der Waals surface area contributed by atoms with Crippen molar-refractivity contribution >= 4 is 52.0 Å². The molecule has 5 rings (SSSR count). The molecular formula is C37H46ClN7O3S. The Kier molecular flexibility index (Phi) is 13.1. The average molecular weight is 704 g/mol. The van der Waals surface area contributed by atoms with Gasteiger partial charge in [0.25, 0.3) is 0 Å². The molecule has 3 atom stereocenters. The molecule has 2 heterocycles. The molecule has 0 fully saturated rings. The Morgan fingerprint density at radius 1 is 0.837 bits per heavy atom. The fourth-order valence-electron chi connectivity index (χ4n) is 6.17. The number of halogens is 1. The Morgan fingerprint density at radius 2 is 1.57 bits per heavy atom. The van der Waals surface area contributed by atoms with E-state index in [9.17, 15) is 14.4 Å². The van der Waals surface area contributed by atoms with Crippen LogP contribution in [-0.2, 0) is 33.9 Å². The normalized spacial score (nSPS) is 19.6. The van der Waals surface area contributed by atoms with Crippen LogP contribution >= 0.6 is 23.4 Å². The van der Waals surface area contributed by atoms with E-state index in [1.165, 1.54) is 4.90 Å². The zero-order valence-electron chi connectivity index (χ0n) is 27.8. The van der Waals surface area contributed by atoms with Gasteiger partial charge in [0.1, 0.15) is 12.1 Å². The number of H-pyrrole nitrogens is 1. The number of carbonyl (C=O) groups is 3. The highest BCUT2D eigenvalue weighted by molar-refractivity contribution is 7.99. The van der Waals surface area contributed by atoms with Gasteiger partial charge in [0, 0.05) is 58.5 Å². The van der Waals surface area contributed by atoms with Gasteiger partial charge in [0.05, 0.1) is 6.04 Å². The fraction of sp³-hybridized carbons (Fsp3) is 0.378. The number of nitrogens with two attached hydrogens (primary N) is 2. The lowest BCUT2D eigenvalue weighted by Gasteiger charge is -2.32. The minimum Gasteiger partial charge on any atom is -0.361 e. The number of unbranched alkanes of at least 4 members (excludes halogenated alkanes) is 1. The predicted octanol–water partition coefficient (Wildman–Crippen LogP) is 4.48. The third-order valence-corrected chi connectivity index (χ3v) is 10.5. The molecule has 0 radical (unpaired) electrons. The molecule has 0 aliphatic carbocycles. The summed E-state index contributed by atoms with van der Waals surface area (Å²) in [6, 6.07) is 19.3. The Hall–Kier alpha value is -3.87. The zero-order chi connectivity index (χ0) is 34.8. The van der Waals surface area contributed by atoms with Crippen LogP contribution in [0.25, 0.3) is 10.9 Å². The lowest BCUT2D eigenvalue weighted by molar-refractivity contribution is -0.142. The maximum Gasteiger partial charge on any atom is 0.245 e. The second-order valence-electron chi connectivity index (χ2n) is 12.4. The van der Waals surface area contributed by atoms with Gasteiger partial charge in [-0.1, -0.05) is 59.8 Å². The number of para-hydroxylation sites is 1. The largest absolute Gasteiger partial charge is 0.361 e. The van der Waals surface area contributed by atoms with Crippen LogP contribution in [0, 0.1) is 0 Å². The number of hydrogen-bond acceptors (Lipinski definition) is 7. The van der Waals surface area contributed by atoms with Gasteiger partial charge >= 0.3 is 0 Å². The highest BCUT2D eigenvalue weighted by atomic mass is 35.5. The molecule has 260 valence electrons. The summed E-state index contributed by atoms with van der Waals surface area (Å²) in [6.45, 7) is 1.56. The summed E-state index contributed by atoms with van der Waals surface area (Å²) in [7, 11) is 1.64. The maximum atomic E-state index is 14.3. The second kappa shape index (κ2) is 17.7. The van der Waals surface area contributed by atoms with Crippen molar-refractivity contribution < 1.29 is 14.4 Å². The van der Waals surface area contributed by atoms with Gasteiger partial charge in [0.15, 0.2) is 0 Å². The highest BCUT2D eigenvalue weighted by Gasteiger charge is 2.34. The Morgan fingerprint density at radius 3 is 2.39 bits per heavy atom. The van der Waals surface area contributed by atoms with Crippen molar-refractivity contribution in [1.82, 2.24) is 25.8 Å². The van der Waals surface area contributed by atoms with Crippen LogP contribution in [0.5, 0.6) is 0 Å². The number of likely N-dealkylation sites (N-methyl/N-ethyl adjacent to an activating group) is 1. The monoisotopic (exact) mass is 703 g/mol. The van der Waals surface area contributed by atoms with E-state index >= 15 is 0 Å². The molecule has 0 saturated heterocycles. The Bertz CT molecular complexity index is 1750. The number of rotatable bonds is 9. The third kappa shape index (κ3) is 9.43. The molecule has 0 spiro atoms. The van der Waals surface area contributed by atoms with Gasteiger partial charge in [-0.15, -0.1) is 0 Å². The molecular weight excluding hydrogens is 658 g/mol. The number of nitrogens with one attached hydrogen (secondary N) is 4. The number of fused-ring (bicyclic) bond motifs is 3. The summed E-state index contributed by atoms with van der Waals surface area (Å²) in [5.41, 5.74) is 15.4. The van der Waals surface area contributed by atoms with E-state index in [2.05, 4.69) is 20.9 Å². The van der Waals surface area contributed by atoms with Crippen molar-refractivity contribution in [2.24, 2.45) is 11.5 Å².